The van der Waals surface area contributed by atoms with E-state index in [-0.39, 0.29) is 24.6 Å². The largest absolute Gasteiger partial charge is 0.490 e. The summed E-state index contributed by atoms with van der Waals surface area (Å²) in [5, 5.41) is 13.0. The van der Waals surface area contributed by atoms with Crippen LogP contribution in [-0.2, 0) is 17.1 Å². The van der Waals surface area contributed by atoms with Gasteiger partial charge in [-0.3, -0.25) is 4.79 Å². The van der Waals surface area contributed by atoms with Crippen LogP contribution in [-0.4, -0.2) is 59.8 Å². The summed E-state index contributed by atoms with van der Waals surface area (Å²) in [5.74, 6) is -1.53. The first kappa shape index (κ1) is 34.4. The second kappa shape index (κ2) is 13.5. The highest BCUT2D eigenvalue weighted by Gasteiger charge is 2.39. The summed E-state index contributed by atoms with van der Waals surface area (Å²) in [6, 6.07) is 2.90. The number of benzene rings is 1. The molecule has 2 aromatic rings. The molecule has 8 nitrogen and oxygen atoms in total. The Kier molecular flexibility index (Phi) is 11.0. The maximum Gasteiger partial charge on any atom is 0.490 e. The van der Waals surface area contributed by atoms with E-state index in [0.717, 1.165) is 31.5 Å². The van der Waals surface area contributed by atoms with Gasteiger partial charge in [0.15, 0.2) is 0 Å². The third kappa shape index (κ3) is 10.6. The summed E-state index contributed by atoms with van der Waals surface area (Å²) in [4.78, 5) is 31.9. The smallest absolute Gasteiger partial charge is 0.475 e. The van der Waals surface area contributed by atoms with Gasteiger partial charge in [0.05, 0.1) is 11.1 Å². The van der Waals surface area contributed by atoms with Crippen LogP contribution in [0.15, 0.2) is 24.3 Å². The van der Waals surface area contributed by atoms with Gasteiger partial charge in [-0.2, -0.15) is 39.5 Å². The van der Waals surface area contributed by atoms with E-state index < -0.39 is 47.1 Å². The second-order valence-electron chi connectivity index (χ2n) is 9.72. The number of hydrogen-bond acceptors (Lipinski definition) is 6. The molecule has 1 aliphatic carbocycles. The summed E-state index contributed by atoms with van der Waals surface area (Å²) in [6.45, 7) is 1.97. The van der Waals surface area contributed by atoms with Crippen LogP contribution >= 0.6 is 0 Å². The van der Waals surface area contributed by atoms with Gasteiger partial charge in [0.2, 0.25) is 0 Å². The third-order valence-electron chi connectivity index (χ3n) is 6.13. The Morgan fingerprint density at radius 2 is 1.38 bits per heavy atom. The molecule has 0 aliphatic heterocycles. The number of aryl methyl sites for hydroxylation is 1. The maximum atomic E-state index is 13.0. The molecule has 1 heterocycles. The number of amides is 1. The summed E-state index contributed by atoms with van der Waals surface area (Å²) in [6.07, 6.45) is -12.1. The van der Waals surface area contributed by atoms with Crippen LogP contribution in [0.5, 0.6) is 0 Å². The van der Waals surface area contributed by atoms with E-state index in [2.05, 4.69) is 20.6 Å². The molecule has 3 N–H and O–H groups in total. The lowest BCUT2D eigenvalue weighted by molar-refractivity contribution is -0.192. The van der Waals surface area contributed by atoms with Crippen LogP contribution in [0.2, 0.25) is 0 Å². The van der Waals surface area contributed by atoms with Crippen molar-refractivity contribution in [3.8, 4) is 0 Å². The van der Waals surface area contributed by atoms with Crippen molar-refractivity contribution < 1.29 is 54.2 Å². The van der Waals surface area contributed by atoms with Gasteiger partial charge in [-0.05, 0) is 56.7 Å². The topological polar surface area (TPSA) is 107 Å². The Bertz CT molecular complexity index is 1210. The van der Waals surface area contributed by atoms with Crippen molar-refractivity contribution in [2.75, 3.05) is 30.9 Å². The van der Waals surface area contributed by atoms with Crippen LogP contribution in [0.25, 0.3) is 0 Å². The fourth-order valence-electron chi connectivity index (χ4n) is 4.00. The number of alkyl halides is 9. The van der Waals surface area contributed by atoms with Gasteiger partial charge in [-0.1, -0.05) is 0 Å². The minimum atomic E-state index is -5.08. The number of nitrogens with zero attached hydrogens (tertiary/aromatic N) is 3. The van der Waals surface area contributed by atoms with E-state index in [1.165, 1.54) is 0 Å². The number of aliphatic carboxylic acids is 1. The van der Waals surface area contributed by atoms with Gasteiger partial charge in [0.1, 0.15) is 17.5 Å². The minimum Gasteiger partial charge on any atom is -0.475 e. The fraction of sp³-hybridized carbons (Fsp3) is 0.520. The Labute approximate surface area is 234 Å². The number of carboxylic acids is 1. The standard InChI is InChI=1S/C23H27F6N5O.C2HF3O2/c1-13-31-19(11-20(32-13)34(2)3)33-18-6-4-14(5-7-18)12-30-21(35)15-8-16(22(24,25)26)10-17(9-15)23(27,28)29;3-2(4,5)1(6)7/h8-11,14,18H,4-7,12H2,1-3H3,(H,30,35)(H,31,32,33);(H,6,7)/t14-,18+;. The SMILES string of the molecule is Cc1nc(N[C@H]2CC[C@@H](CNC(=O)c3cc(C(F)(F)F)cc(C(F)(F)F)c3)CC2)cc(N(C)C)n1.O=C(O)C(F)(F)F. The normalized spacial score (nSPS) is 17.5. The molecule has 0 spiro atoms. The predicted molar refractivity (Wildman–Crippen MR) is 133 cm³/mol. The molecule has 17 heteroatoms. The first-order valence-corrected chi connectivity index (χ1v) is 12.3. The van der Waals surface area contributed by atoms with E-state index in [4.69, 9.17) is 9.90 Å². The van der Waals surface area contributed by atoms with Crippen molar-refractivity contribution in [3.63, 3.8) is 0 Å². The number of aromatic nitrogens is 2. The summed E-state index contributed by atoms with van der Waals surface area (Å²) >= 11 is 0. The van der Waals surface area contributed by atoms with Crippen LogP contribution < -0.4 is 15.5 Å². The number of halogens is 9. The molecular formula is C25H28F9N5O3. The predicted octanol–water partition coefficient (Wildman–Crippen LogP) is 5.92. The second-order valence-corrected chi connectivity index (χ2v) is 9.72. The van der Waals surface area contributed by atoms with Gasteiger partial charge in [0, 0.05) is 38.3 Å². The van der Waals surface area contributed by atoms with E-state index in [0.29, 0.717) is 23.8 Å². The van der Waals surface area contributed by atoms with Crippen molar-refractivity contribution >= 4 is 23.5 Å². The van der Waals surface area contributed by atoms with Crippen LogP contribution in [0.4, 0.5) is 51.1 Å². The lowest BCUT2D eigenvalue weighted by Crippen LogP contribution is -2.34. The molecule has 0 bridgehead atoms. The number of carbonyl (C=O) groups excluding carboxylic acids is 1. The molecule has 42 heavy (non-hydrogen) atoms. The van der Waals surface area contributed by atoms with Crippen molar-refractivity contribution in [2.45, 2.75) is 57.2 Å². The van der Waals surface area contributed by atoms with Crippen molar-refractivity contribution in [2.24, 2.45) is 5.92 Å². The molecule has 1 fully saturated rings. The lowest BCUT2D eigenvalue weighted by Gasteiger charge is -2.29. The molecule has 1 aromatic carbocycles. The average Bonchev–Trinajstić information content (AvgIpc) is 2.86. The quantitative estimate of drug-likeness (QED) is 0.346. The molecule has 0 unspecified atom stereocenters. The van der Waals surface area contributed by atoms with Crippen molar-refractivity contribution in [1.29, 1.82) is 0 Å². The maximum absolute atomic E-state index is 13.0. The molecule has 0 atom stereocenters. The lowest BCUT2D eigenvalue weighted by atomic mass is 9.86. The number of anilines is 2. The van der Waals surface area contributed by atoms with E-state index in [1.807, 2.05) is 25.1 Å². The average molecular weight is 618 g/mol. The van der Waals surface area contributed by atoms with Crippen LogP contribution in [0, 0.1) is 12.8 Å². The molecule has 3 rings (SSSR count). The Morgan fingerprint density at radius 1 is 0.881 bits per heavy atom. The van der Waals surface area contributed by atoms with Crippen LogP contribution in [0.1, 0.15) is 53.0 Å². The molecule has 1 saturated carbocycles. The monoisotopic (exact) mass is 617 g/mol. The van der Waals surface area contributed by atoms with E-state index >= 15 is 0 Å². The Hall–Kier alpha value is -3.79. The van der Waals surface area contributed by atoms with E-state index in [1.54, 1.807) is 6.92 Å². The van der Waals surface area contributed by atoms with E-state index in [9.17, 15) is 44.3 Å². The highest BCUT2D eigenvalue weighted by atomic mass is 19.4. The van der Waals surface area contributed by atoms with Crippen LogP contribution in [0.3, 0.4) is 0 Å². The first-order chi connectivity index (χ1) is 19.2. The Balaban J connectivity index is 0.000000782. The highest BCUT2D eigenvalue weighted by molar-refractivity contribution is 5.94. The number of hydrogen-bond donors (Lipinski definition) is 3. The minimum absolute atomic E-state index is 0.00565. The number of carboxylic acid groups (broad SMARTS) is 1. The molecule has 1 aromatic heterocycles. The molecule has 1 aliphatic rings. The number of rotatable bonds is 6. The highest BCUT2D eigenvalue weighted by Crippen LogP contribution is 2.36. The van der Waals surface area contributed by atoms with Gasteiger partial charge in [0.25, 0.3) is 5.91 Å². The van der Waals surface area contributed by atoms with Gasteiger partial charge in [-0.25, -0.2) is 14.8 Å². The third-order valence-corrected chi connectivity index (χ3v) is 6.13. The van der Waals surface area contributed by atoms with Crippen molar-refractivity contribution in [3.05, 3.63) is 46.8 Å². The summed E-state index contributed by atoms with van der Waals surface area (Å²) in [7, 11) is 3.77. The zero-order valence-corrected chi connectivity index (χ0v) is 22.5. The zero-order chi connectivity index (χ0) is 32.0. The first-order valence-electron chi connectivity index (χ1n) is 12.3. The van der Waals surface area contributed by atoms with Gasteiger partial charge < -0.3 is 20.6 Å². The molecule has 234 valence electrons. The summed E-state index contributed by atoms with van der Waals surface area (Å²) in [5.41, 5.74) is -3.69. The molecule has 0 radical (unpaired) electrons. The van der Waals surface area contributed by atoms with Crippen molar-refractivity contribution in [1.82, 2.24) is 15.3 Å². The molecular weight excluding hydrogens is 589 g/mol. The fourth-order valence-corrected chi connectivity index (χ4v) is 4.00. The number of carbonyl (C=O) groups is 2. The molecule has 1 amide bonds. The molecule has 0 saturated heterocycles. The Morgan fingerprint density at radius 3 is 1.81 bits per heavy atom. The number of nitrogens with one attached hydrogen (secondary N) is 2. The van der Waals surface area contributed by atoms with Gasteiger partial charge >= 0.3 is 24.5 Å². The summed E-state index contributed by atoms with van der Waals surface area (Å²) < 4.78 is 110. The van der Waals surface area contributed by atoms with Gasteiger partial charge in [-0.15, -0.1) is 0 Å². The zero-order valence-electron chi connectivity index (χ0n) is 22.5.